The Morgan fingerprint density at radius 2 is 2.32 bits per heavy atom. The molecular weight excluding hydrogens is 349 g/mol. The SMILES string of the molecule is COc1ccc2c(c1C(=O)O)OB(O)[C@@H](Sc1nnc(CN)n1N)C2. The highest BCUT2D eigenvalue weighted by molar-refractivity contribution is 8.01. The Morgan fingerprint density at radius 3 is 2.92 bits per heavy atom. The maximum absolute atomic E-state index is 11.5. The minimum absolute atomic E-state index is 0.105. The molecule has 0 bridgehead atoms. The van der Waals surface area contributed by atoms with Gasteiger partial charge >= 0.3 is 13.1 Å². The van der Waals surface area contributed by atoms with Gasteiger partial charge in [0, 0.05) is 0 Å². The fourth-order valence-electron chi connectivity index (χ4n) is 2.55. The minimum atomic E-state index is -1.25. The van der Waals surface area contributed by atoms with Crippen molar-refractivity contribution in [1.82, 2.24) is 14.9 Å². The molecule has 0 unspecified atom stereocenters. The van der Waals surface area contributed by atoms with Crippen molar-refractivity contribution in [2.24, 2.45) is 5.73 Å². The molecule has 0 aliphatic carbocycles. The number of carbonyl (C=O) groups is 1. The van der Waals surface area contributed by atoms with Gasteiger partial charge in [0.2, 0.25) is 5.16 Å². The molecule has 132 valence electrons. The summed E-state index contributed by atoms with van der Waals surface area (Å²) in [6.07, 6.45) is 0.357. The number of hydrogen-bond donors (Lipinski definition) is 4. The molecule has 1 atom stereocenters. The van der Waals surface area contributed by atoms with Crippen LogP contribution in [0.15, 0.2) is 17.3 Å². The van der Waals surface area contributed by atoms with Crippen molar-refractivity contribution in [1.29, 1.82) is 0 Å². The van der Waals surface area contributed by atoms with Crippen LogP contribution in [0.5, 0.6) is 11.5 Å². The molecule has 0 radical (unpaired) electrons. The number of aromatic nitrogens is 3. The lowest BCUT2D eigenvalue weighted by atomic mass is 9.77. The van der Waals surface area contributed by atoms with Gasteiger partial charge in [-0.3, -0.25) is 0 Å². The van der Waals surface area contributed by atoms with Gasteiger partial charge in [-0.25, -0.2) is 9.47 Å². The summed E-state index contributed by atoms with van der Waals surface area (Å²) in [7, 11) is 0.121. The zero-order valence-corrected chi connectivity index (χ0v) is 14.1. The molecule has 1 aromatic carbocycles. The van der Waals surface area contributed by atoms with Crippen LogP contribution in [0.2, 0.25) is 0 Å². The molecule has 3 rings (SSSR count). The summed E-state index contributed by atoms with van der Waals surface area (Å²) in [6.45, 7) is 0.137. The first kappa shape index (κ1) is 17.4. The highest BCUT2D eigenvalue weighted by Crippen LogP contribution is 2.39. The molecule has 2 aromatic rings. The first-order valence-electron chi connectivity index (χ1n) is 7.30. The highest BCUT2D eigenvalue weighted by atomic mass is 32.2. The summed E-state index contributed by atoms with van der Waals surface area (Å²) >= 11 is 1.18. The fourth-order valence-corrected chi connectivity index (χ4v) is 3.56. The highest BCUT2D eigenvalue weighted by Gasteiger charge is 2.39. The second-order valence-corrected chi connectivity index (χ2v) is 6.48. The average Bonchev–Trinajstić information content (AvgIpc) is 2.94. The van der Waals surface area contributed by atoms with E-state index in [9.17, 15) is 14.9 Å². The minimum Gasteiger partial charge on any atom is -0.534 e. The van der Waals surface area contributed by atoms with Gasteiger partial charge in [0.25, 0.3) is 0 Å². The third-order valence-electron chi connectivity index (χ3n) is 3.79. The molecule has 6 N–H and O–H groups in total. The number of thioether (sulfide) groups is 1. The fraction of sp³-hybridized carbons (Fsp3) is 0.308. The number of aromatic carboxylic acids is 1. The third kappa shape index (κ3) is 3.10. The number of rotatable bonds is 5. The standard InChI is InChI=1S/C13H16BN5O5S/c1-23-7-3-2-6-4-8(14(22)24-11(6)10(7)12(20)21)25-13-18-17-9(5-15)19(13)16/h2-3,8,22H,4-5,15-16H2,1H3,(H,20,21)/t8-/m0/s1. The molecule has 1 aromatic heterocycles. The number of nitrogens with two attached hydrogens (primary N) is 2. The molecule has 0 saturated heterocycles. The Labute approximate surface area is 147 Å². The lowest BCUT2D eigenvalue weighted by Crippen LogP contribution is -2.41. The van der Waals surface area contributed by atoms with E-state index in [0.717, 1.165) is 0 Å². The number of carboxylic acid groups (broad SMARTS) is 1. The van der Waals surface area contributed by atoms with Crippen LogP contribution in [0, 0.1) is 0 Å². The number of carboxylic acids is 1. The van der Waals surface area contributed by atoms with Crippen LogP contribution in [0.1, 0.15) is 21.7 Å². The zero-order chi connectivity index (χ0) is 18.1. The largest absolute Gasteiger partial charge is 0.537 e. The molecule has 0 amide bonds. The van der Waals surface area contributed by atoms with Crippen LogP contribution in [0.4, 0.5) is 0 Å². The van der Waals surface area contributed by atoms with Gasteiger partial charge in [-0.1, -0.05) is 17.8 Å². The van der Waals surface area contributed by atoms with Gasteiger partial charge in [-0.2, -0.15) is 0 Å². The normalized spacial score (nSPS) is 16.3. The molecule has 25 heavy (non-hydrogen) atoms. The third-order valence-corrected chi connectivity index (χ3v) is 4.98. The molecule has 0 saturated carbocycles. The van der Waals surface area contributed by atoms with Crippen LogP contribution >= 0.6 is 11.8 Å². The average molecular weight is 365 g/mol. The van der Waals surface area contributed by atoms with Crippen molar-refractivity contribution >= 4 is 24.8 Å². The molecule has 2 heterocycles. The Bertz CT molecular complexity index is 816. The van der Waals surface area contributed by atoms with Crippen molar-refractivity contribution in [2.45, 2.75) is 23.3 Å². The Balaban J connectivity index is 1.90. The molecule has 10 nitrogen and oxygen atoms in total. The smallest absolute Gasteiger partial charge is 0.534 e. The van der Waals surface area contributed by atoms with E-state index < -0.39 is 18.2 Å². The van der Waals surface area contributed by atoms with Gasteiger partial charge < -0.3 is 31.1 Å². The van der Waals surface area contributed by atoms with Crippen LogP contribution in [0.25, 0.3) is 0 Å². The van der Waals surface area contributed by atoms with E-state index in [2.05, 4.69) is 10.2 Å². The van der Waals surface area contributed by atoms with Gasteiger partial charge in [0.1, 0.15) is 17.1 Å². The number of nitrogen functional groups attached to an aromatic ring is 1. The maximum Gasteiger partial charge on any atom is 0.537 e. The molecule has 1 aliphatic rings. The first-order valence-corrected chi connectivity index (χ1v) is 8.18. The monoisotopic (exact) mass is 365 g/mol. The van der Waals surface area contributed by atoms with E-state index >= 15 is 0 Å². The second kappa shape index (κ2) is 6.82. The number of methoxy groups -OCH3 is 1. The quantitative estimate of drug-likeness (QED) is 0.393. The lowest BCUT2D eigenvalue weighted by molar-refractivity contribution is 0.0690. The van der Waals surface area contributed by atoms with Gasteiger partial charge in [0.15, 0.2) is 5.82 Å². The first-order chi connectivity index (χ1) is 12.0. The van der Waals surface area contributed by atoms with Crippen LogP contribution < -0.4 is 21.0 Å². The van der Waals surface area contributed by atoms with E-state index in [0.29, 0.717) is 23.0 Å². The van der Waals surface area contributed by atoms with E-state index in [1.54, 1.807) is 12.1 Å². The Morgan fingerprint density at radius 1 is 1.56 bits per heavy atom. The molecule has 1 aliphatic heterocycles. The number of ether oxygens (including phenoxy) is 1. The number of nitrogens with zero attached hydrogens (tertiary/aromatic N) is 3. The van der Waals surface area contributed by atoms with Crippen molar-refractivity contribution in [3.8, 4) is 11.5 Å². The van der Waals surface area contributed by atoms with E-state index in [1.807, 2.05) is 0 Å². The Hall–Kier alpha value is -2.44. The van der Waals surface area contributed by atoms with Crippen LogP contribution in [-0.2, 0) is 13.0 Å². The summed E-state index contributed by atoms with van der Waals surface area (Å²) in [6, 6.07) is 3.27. The predicted molar refractivity (Wildman–Crippen MR) is 90.0 cm³/mol. The zero-order valence-electron chi connectivity index (χ0n) is 13.2. The van der Waals surface area contributed by atoms with Crippen molar-refractivity contribution in [2.75, 3.05) is 13.0 Å². The van der Waals surface area contributed by atoms with Crippen LogP contribution in [-0.4, -0.2) is 50.4 Å². The van der Waals surface area contributed by atoms with E-state index in [1.165, 1.54) is 23.5 Å². The summed E-state index contributed by atoms with van der Waals surface area (Å²) in [4.78, 5) is 11.5. The second-order valence-electron chi connectivity index (χ2n) is 5.28. The predicted octanol–water partition coefficient (Wildman–Crippen LogP) is -0.727. The van der Waals surface area contributed by atoms with Crippen molar-refractivity contribution < 1.29 is 24.3 Å². The summed E-state index contributed by atoms with van der Waals surface area (Å²) in [5.74, 6) is 5.33. The lowest BCUT2D eigenvalue weighted by Gasteiger charge is -2.28. The summed E-state index contributed by atoms with van der Waals surface area (Å²) in [5, 5.41) is 27.4. The summed E-state index contributed by atoms with van der Waals surface area (Å²) in [5.41, 5.74) is 6.03. The van der Waals surface area contributed by atoms with E-state index in [-0.39, 0.29) is 23.6 Å². The maximum atomic E-state index is 11.5. The molecule has 0 spiro atoms. The molecule has 0 fully saturated rings. The van der Waals surface area contributed by atoms with Gasteiger partial charge in [-0.05, 0) is 18.1 Å². The molecular formula is C13H16BN5O5S. The number of benzene rings is 1. The van der Waals surface area contributed by atoms with Crippen molar-refractivity contribution in [3.63, 3.8) is 0 Å². The number of hydrogen-bond acceptors (Lipinski definition) is 9. The van der Waals surface area contributed by atoms with Gasteiger partial charge in [-0.15, -0.1) is 10.2 Å². The van der Waals surface area contributed by atoms with E-state index in [4.69, 9.17) is 21.0 Å². The topological polar surface area (TPSA) is 159 Å². The number of fused-ring (bicyclic) bond motifs is 1. The van der Waals surface area contributed by atoms with Crippen LogP contribution in [0.3, 0.4) is 0 Å². The summed E-state index contributed by atoms with van der Waals surface area (Å²) < 4.78 is 11.8. The molecule has 12 heteroatoms. The van der Waals surface area contributed by atoms with Crippen molar-refractivity contribution in [3.05, 3.63) is 29.1 Å². The van der Waals surface area contributed by atoms with Gasteiger partial charge in [0.05, 0.1) is 18.8 Å². The Kier molecular flexibility index (Phi) is 4.74.